The Morgan fingerprint density at radius 3 is 1.27 bits per heavy atom. The van der Waals surface area contributed by atoms with Gasteiger partial charge in [-0.1, -0.05) is 224 Å². The molecule has 1 aromatic heterocycles. The standard InChI is InChI=1S/C74H65N3O9/c1-8-22-54(23-9-1)46-78-64-41-67(80-48-56-26-12-3-13-27-56)65-43-72(73(86-68(65)42-64)62-36-37-66(79-47-55-24-10-2-11-25-55)69(40-62)81-49-57-28-14-4-15-29-57)84-53-63-45-77(76-75-63)44-61-38-70(82-50-58-30-16-5-17-31-58)74(85-52-60-34-20-7-21-35-60)71(39-61)83-51-59-32-18-6-19-33-59/h1-42,45,72-73H,43-44,46-53H2/t72-,73-/m1/s1. The number of rotatable bonds is 27. The lowest BCUT2D eigenvalue weighted by Gasteiger charge is -2.35. The van der Waals surface area contributed by atoms with Crippen LogP contribution in [0.4, 0.5) is 0 Å². The number of aromatic nitrogens is 3. The molecule has 10 aromatic carbocycles. The SMILES string of the molecule is c1ccc(COc2cc(OCc3ccccc3)c3c(c2)O[C@H](c2ccc(OCc4ccccc4)c(OCc4ccccc4)c2)[C@H](OCc2cn(Cc4cc(OCc5ccccc5)c(OCc5ccccc5)c(OCc5ccccc5)c4)nn2)C3)cc1. The lowest BCUT2D eigenvalue weighted by molar-refractivity contribution is -0.0478. The van der Waals surface area contributed by atoms with Crippen molar-refractivity contribution in [3.05, 3.63) is 322 Å². The number of hydrogen-bond acceptors (Lipinski definition) is 11. The minimum absolute atomic E-state index is 0.122. The van der Waals surface area contributed by atoms with Crippen molar-refractivity contribution in [1.29, 1.82) is 0 Å². The predicted molar refractivity (Wildman–Crippen MR) is 330 cm³/mol. The number of hydrogen-bond donors (Lipinski definition) is 0. The summed E-state index contributed by atoms with van der Waals surface area (Å²) in [5.74, 6) is 4.65. The van der Waals surface area contributed by atoms with Crippen LogP contribution in [-0.2, 0) is 70.6 Å². The van der Waals surface area contributed by atoms with E-state index in [-0.39, 0.29) is 6.61 Å². The van der Waals surface area contributed by atoms with Crippen LogP contribution < -0.4 is 37.9 Å². The molecule has 2 atom stereocenters. The molecule has 1 aliphatic heterocycles. The molecule has 12 rings (SSSR count). The third-order valence-corrected chi connectivity index (χ3v) is 14.6. The zero-order chi connectivity index (χ0) is 58.0. The maximum Gasteiger partial charge on any atom is 0.203 e. The first-order valence-corrected chi connectivity index (χ1v) is 28.9. The van der Waals surface area contributed by atoms with Crippen LogP contribution in [0.1, 0.15) is 67.4 Å². The van der Waals surface area contributed by atoms with Crippen molar-refractivity contribution in [3.8, 4) is 46.0 Å². The van der Waals surface area contributed by atoms with Crippen LogP contribution in [0.25, 0.3) is 0 Å². The van der Waals surface area contributed by atoms with Crippen molar-refractivity contribution >= 4 is 0 Å². The Bertz CT molecular complexity index is 3810. The number of benzene rings is 10. The van der Waals surface area contributed by atoms with Gasteiger partial charge < -0.3 is 42.6 Å². The maximum absolute atomic E-state index is 7.19. The molecule has 0 saturated heterocycles. The molecule has 430 valence electrons. The lowest BCUT2D eigenvalue weighted by Crippen LogP contribution is -2.33. The van der Waals surface area contributed by atoms with Crippen molar-refractivity contribution in [2.75, 3.05) is 0 Å². The molecule has 2 heterocycles. The van der Waals surface area contributed by atoms with Crippen LogP contribution in [0.15, 0.2) is 261 Å². The summed E-state index contributed by atoms with van der Waals surface area (Å²) in [6, 6.07) is 84.4. The molecular formula is C74H65N3O9. The Hall–Kier alpha value is -10.3. The highest BCUT2D eigenvalue weighted by Crippen LogP contribution is 2.46. The molecule has 86 heavy (non-hydrogen) atoms. The van der Waals surface area contributed by atoms with E-state index < -0.39 is 12.2 Å². The third kappa shape index (κ3) is 15.3. The van der Waals surface area contributed by atoms with Gasteiger partial charge in [0.2, 0.25) is 5.75 Å². The molecule has 0 fully saturated rings. The number of nitrogens with zero attached hydrogens (tertiary/aromatic N) is 3. The summed E-state index contributed by atoms with van der Waals surface area (Å²) in [5.41, 5.74) is 10.4. The molecule has 0 amide bonds. The highest BCUT2D eigenvalue weighted by Gasteiger charge is 2.36. The van der Waals surface area contributed by atoms with Gasteiger partial charge in [-0.3, -0.25) is 0 Å². The molecular weight excluding hydrogens is 1070 g/mol. The minimum atomic E-state index is -0.627. The highest BCUT2D eigenvalue weighted by molar-refractivity contribution is 5.55. The molecule has 1 aliphatic rings. The molecule has 12 heteroatoms. The molecule has 12 nitrogen and oxygen atoms in total. The summed E-state index contributed by atoms with van der Waals surface area (Å²) < 4.78 is 62.1. The van der Waals surface area contributed by atoms with Crippen LogP contribution in [0.2, 0.25) is 0 Å². The summed E-state index contributed by atoms with van der Waals surface area (Å²) in [7, 11) is 0. The Morgan fingerprint density at radius 2 is 0.791 bits per heavy atom. The van der Waals surface area contributed by atoms with E-state index in [2.05, 4.69) is 10.3 Å². The smallest absolute Gasteiger partial charge is 0.203 e. The van der Waals surface area contributed by atoms with Gasteiger partial charge in [0, 0.05) is 24.1 Å². The van der Waals surface area contributed by atoms with Crippen molar-refractivity contribution < 1.29 is 42.6 Å². The van der Waals surface area contributed by atoms with Crippen LogP contribution in [0.5, 0.6) is 46.0 Å². The van der Waals surface area contributed by atoms with Gasteiger partial charge in [0.25, 0.3) is 0 Å². The Labute approximate surface area is 501 Å². The topological polar surface area (TPSA) is 114 Å². The first kappa shape index (κ1) is 56.2. The van der Waals surface area contributed by atoms with Crippen LogP contribution in [-0.4, -0.2) is 21.1 Å². The van der Waals surface area contributed by atoms with E-state index in [1.807, 2.05) is 261 Å². The molecule has 0 spiro atoms. The predicted octanol–water partition coefficient (Wildman–Crippen LogP) is 15.6. The summed E-state index contributed by atoms with van der Waals surface area (Å²) in [6.07, 6.45) is 1.16. The van der Waals surface area contributed by atoms with Gasteiger partial charge in [0.1, 0.15) is 75.3 Å². The van der Waals surface area contributed by atoms with Crippen molar-refractivity contribution in [2.24, 2.45) is 0 Å². The molecule has 11 aromatic rings. The average Bonchev–Trinajstić information content (AvgIpc) is 1.54. The lowest BCUT2D eigenvalue weighted by atomic mass is 9.93. The van der Waals surface area contributed by atoms with Crippen molar-refractivity contribution in [2.45, 2.75) is 78.0 Å². The quantitative estimate of drug-likeness (QED) is 0.0490. The normalized spacial score (nSPS) is 13.4. The Morgan fingerprint density at radius 1 is 0.372 bits per heavy atom. The van der Waals surface area contributed by atoms with Gasteiger partial charge in [-0.2, -0.15) is 0 Å². The summed E-state index contributed by atoms with van der Waals surface area (Å²) in [4.78, 5) is 0. The minimum Gasteiger partial charge on any atom is -0.489 e. The fourth-order valence-corrected chi connectivity index (χ4v) is 10.1. The zero-order valence-corrected chi connectivity index (χ0v) is 47.6. The van der Waals surface area contributed by atoms with Gasteiger partial charge in [0.15, 0.2) is 29.1 Å². The van der Waals surface area contributed by atoms with Crippen LogP contribution in [0.3, 0.4) is 0 Å². The van der Waals surface area contributed by atoms with E-state index in [1.165, 1.54) is 0 Å². The fourth-order valence-electron chi connectivity index (χ4n) is 10.1. The second-order valence-corrected chi connectivity index (χ2v) is 20.9. The third-order valence-electron chi connectivity index (χ3n) is 14.6. The average molecular weight is 1140 g/mol. The molecule has 0 radical (unpaired) electrons. The second kappa shape index (κ2) is 28.3. The van der Waals surface area contributed by atoms with Gasteiger partial charge in [0.05, 0.1) is 19.3 Å². The van der Waals surface area contributed by atoms with E-state index >= 15 is 0 Å². The van der Waals surface area contributed by atoms with Crippen LogP contribution in [0, 0.1) is 0 Å². The Kier molecular flexibility index (Phi) is 18.5. The first-order valence-electron chi connectivity index (χ1n) is 28.9. The van der Waals surface area contributed by atoms with E-state index in [4.69, 9.17) is 42.6 Å². The second-order valence-electron chi connectivity index (χ2n) is 20.9. The van der Waals surface area contributed by atoms with Crippen molar-refractivity contribution in [1.82, 2.24) is 15.0 Å². The van der Waals surface area contributed by atoms with Crippen LogP contribution >= 0.6 is 0 Å². The van der Waals surface area contributed by atoms with Gasteiger partial charge in [-0.15, -0.1) is 5.10 Å². The van der Waals surface area contributed by atoms with Crippen molar-refractivity contribution in [3.63, 3.8) is 0 Å². The largest absolute Gasteiger partial charge is 0.489 e. The molecule has 0 saturated carbocycles. The van der Waals surface area contributed by atoms with E-state index in [0.29, 0.717) is 111 Å². The molecule has 0 unspecified atom stereocenters. The number of ether oxygens (including phenoxy) is 9. The van der Waals surface area contributed by atoms with E-state index in [9.17, 15) is 0 Å². The molecule has 0 bridgehead atoms. The monoisotopic (exact) mass is 1140 g/mol. The number of fused-ring (bicyclic) bond motifs is 1. The van der Waals surface area contributed by atoms with Gasteiger partial charge in [-0.05, 0) is 74.3 Å². The maximum atomic E-state index is 7.19. The molecule has 0 N–H and O–H groups in total. The van der Waals surface area contributed by atoms with E-state index in [0.717, 1.165) is 55.6 Å². The Balaban J connectivity index is 0.851. The molecule has 0 aliphatic carbocycles. The van der Waals surface area contributed by atoms with Gasteiger partial charge >= 0.3 is 0 Å². The first-order chi connectivity index (χ1) is 42.6. The summed E-state index contributed by atoms with van der Waals surface area (Å²) in [6.45, 7) is 2.82. The summed E-state index contributed by atoms with van der Waals surface area (Å²) >= 11 is 0. The van der Waals surface area contributed by atoms with E-state index in [1.54, 1.807) is 4.68 Å². The summed E-state index contributed by atoms with van der Waals surface area (Å²) in [5, 5.41) is 9.29. The van der Waals surface area contributed by atoms with Gasteiger partial charge in [-0.25, -0.2) is 4.68 Å². The zero-order valence-electron chi connectivity index (χ0n) is 47.6. The highest BCUT2D eigenvalue weighted by atomic mass is 16.6. The fraction of sp³-hybridized carbons (Fsp3) is 0.162.